The predicted molar refractivity (Wildman–Crippen MR) is 83.5 cm³/mol. The Morgan fingerprint density at radius 1 is 1.56 bits per heavy atom. The lowest BCUT2D eigenvalue weighted by molar-refractivity contribution is 0.179. The Bertz CT molecular complexity index is 328. The molecule has 0 radical (unpaired) electrons. The monoisotopic (exact) mass is 367 g/mol. The van der Waals surface area contributed by atoms with E-state index in [-0.39, 0.29) is 30.0 Å². The second-order valence-electron chi connectivity index (χ2n) is 3.77. The van der Waals surface area contributed by atoms with Crippen molar-refractivity contribution in [1.82, 2.24) is 20.4 Å². The van der Waals surface area contributed by atoms with Crippen molar-refractivity contribution in [3.8, 4) is 0 Å². The molecule has 0 fully saturated rings. The Balaban J connectivity index is 0.00000289. The van der Waals surface area contributed by atoms with E-state index in [1.807, 2.05) is 23.9 Å². The van der Waals surface area contributed by atoms with Gasteiger partial charge < -0.3 is 15.4 Å². The SMILES string of the molecule is CN=C(NCCn1cccn1)NC(C)COC.I. The van der Waals surface area contributed by atoms with Crippen LogP contribution in [0.15, 0.2) is 23.5 Å². The van der Waals surface area contributed by atoms with E-state index in [2.05, 4.69) is 20.7 Å². The summed E-state index contributed by atoms with van der Waals surface area (Å²) in [6.45, 7) is 4.29. The predicted octanol–water partition coefficient (Wildman–Crippen LogP) is 0.701. The highest BCUT2D eigenvalue weighted by Crippen LogP contribution is 1.84. The zero-order chi connectivity index (χ0) is 12.5. The topological polar surface area (TPSA) is 63.5 Å². The highest BCUT2D eigenvalue weighted by atomic mass is 127. The molecule has 0 aliphatic heterocycles. The van der Waals surface area contributed by atoms with Crippen molar-refractivity contribution >= 4 is 29.9 Å². The Morgan fingerprint density at radius 3 is 2.89 bits per heavy atom. The fourth-order valence-electron chi connectivity index (χ4n) is 1.44. The number of aliphatic imine (C=N–C) groups is 1. The van der Waals surface area contributed by atoms with Crippen molar-refractivity contribution in [3.63, 3.8) is 0 Å². The molecule has 1 unspecified atom stereocenters. The minimum Gasteiger partial charge on any atom is -0.383 e. The number of ether oxygens (including phenoxy) is 1. The van der Waals surface area contributed by atoms with E-state index in [0.29, 0.717) is 6.61 Å². The number of hydrogen-bond donors (Lipinski definition) is 2. The van der Waals surface area contributed by atoms with Crippen molar-refractivity contribution in [1.29, 1.82) is 0 Å². The molecule has 1 rings (SSSR count). The van der Waals surface area contributed by atoms with Gasteiger partial charge in [-0.1, -0.05) is 0 Å². The molecule has 18 heavy (non-hydrogen) atoms. The van der Waals surface area contributed by atoms with Crippen LogP contribution < -0.4 is 10.6 Å². The minimum atomic E-state index is 0. The Morgan fingerprint density at radius 2 is 2.33 bits per heavy atom. The van der Waals surface area contributed by atoms with E-state index >= 15 is 0 Å². The molecule has 104 valence electrons. The van der Waals surface area contributed by atoms with Crippen molar-refractivity contribution in [2.75, 3.05) is 27.3 Å². The van der Waals surface area contributed by atoms with Crippen LogP contribution in [0.2, 0.25) is 0 Å². The lowest BCUT2D eigenvalue weighted by Crippen LogP contribution is -2.44. The van der Waals surface area contributed by atoms with Crippen LogP contribution in [-0.2, 0) is 11.3 Å². The second-order valence-corrected chi connectivity index (χ2v) is 3.77. The molecule has 1 aromatic rings. The van der Waals surface area contributed by atoms with E-state index in [9.17, 15) is 0 Å². The molecule has 0 saturated heterocycles. The van der Waals surface area contributed by atoms with Crippen molar-refractivity contribution < 1.29 is 4.74 Å². The van der Waals surface area contributed by atoms with Gasteiger partial charge in [0, 0.05) is 39.1 Å². The summed E-state index contributed by atoms with van der Waals surface area (Å²) in [6, 6.07) is 2.14. The van der Waals surface area contributed by atoms with Crippen molar-refractivity contribution in [2.45, 2.75) is 19.5 Å². The molecule has 1 aromatic heterocycles. The molecule has 0 spiro atoms. The molecule has 0 aliphatic rings. The average Bonchev–Trinajstić information content (AvgIpc) is 2.81. The lowest BCUT2D eigenvalue weighted by atomic mass is 10.4. The first-order valence-electron chi connectivity index (χ1n) is 5.69. The van der Waals surface area contributed by atoms with Gasteiger partial charge in [-0.25, -0.2) is 0 Å². The fraction of sp³-hybridized carbons (Fsp3) is 0.636. The van der Waals surface area contributed by atoms with E-state index in [4.69, 9.17) is 4.74 Å². The number of guanidine groups is 1. The molecular weight excluding hydrogens is 345 g/mol. The highest BCUT2D eigenvalue weighted by molar-refractivity contribution is 14.0. The van der Waals surface area contributed by atoms with Gasteiger partial charge in [-0.2, -0.15) is 5.10 Å². The summed E-state index contributed by atoms with van der Waals surface area (Å²) in [6.07, 6.45) is 3.71. The number of nitrogens with zero attached hydrogens (tertiary/aromatic N) is 3. The summed E-state index contributed by atoms with van der Waals surface area (Å²) in [5.41, 5.74) is 0. The first-order valence-corrected chi connectivity index (χ1v) is 5.69. The van der Waals surface area contributed by atoms with Crippen molar-refractivity contribution in [2.24, 2.45) is 4.99 Å². The van der Waals surface area contributed by atoms with E-state index in [0.717, 1.165) is 19.0 Å². The van der Waals surface area contributed by atoms with Crippen LogP contribution in [0.4, 0.5) is 0 Å². The molecule has 0 aliphatic carbocycles. The smallest absolute Gasteiger partial charge is 0.191 e. The van der Waals surface area contributed by atoms with E-state index in [1.54, 1.807) is 20.4 Å². The van der Waals surface area contributed by atoms with Gasteiger partial charge in [0.25, 0.3) is 0 Å². The van der Waals surface area contributed by atoms with Crippen LogP contribution in [-0.4, -0.2) is 49.1 Å². The van der Waals surface area contributed by atoms with Crippen LogP contribution in [0.3, 0.4) is 0 Å². The zero-order valence-electron chi connectivity index (χ0n) is 11.1. The molecular formula is C11H22IN5O. The molecule has 0 amide bonds. The van der Waals surface area contributed by atoms with Gasteiger partial charge in [0.15, 0.2) is 5.96 Å². The molecule has 7 heteroatoms. The summed E-state index contributed by atoms with van der Waals surface area (Å²) in [7, 11) is 3.44. The van der Waals surface area contributed by atoms with Crippen LogP contribution >= 0.6 is 24.0 Å². The Labute approximate surface area is 125 Å². The lowest BCUT2D eigenvalue weighted by Gasteiger charge is -2.17. The minimum absolute atomic E-state index is 0. The number of hydrogen-bond acceptors (Lipinski definition) is 3. The first kappa shape index (κ1) is 17.2. The van der Waals surface area contributed by atoms with Crippen LogP contribution in [0.25, 0.3) is 0 Å². The van der Waals surface area contributed by atoms with Gasteiger partial charge in [-0.3, -0.25) is 9.67 Å². The van der Waals surface area contributed by atoms with E-state index < -0.39 is 0 Å². The van der Waals surface area contributed by atoms with Gasteiger partial charge in [-0.15, -0.1) is 24.0 Å². The zero-order valence-corrected chi connectivity index (χ0v) is 13.4. The normalized spacial score (nSPS) is 12.7. The number of rotatable bonds is 6. The third-order valence-corrected chi connectivity index (χ3v) is 2.22. The van der Waals surface area contributed by atoms with Gasteiger partial charge >= 0.3 is 0 Å². The van der Waals surface area contributed by atoms with Gasteiger partial charge in [0.2, 0.25) is 0 Å². The van der Waals surface area contributed by atoms with Gasteiger partial charge in [0.1, 0.15) is 0 Å². The summed E-state index contributed by atoms with van der Waals surface area (Å²) in [4.78, 5) is 4.14. The van der Waals surface area contributed by atoms with E-state index in [1.165, 1.54) is 0 Å². The van der Waals surface area contributed by atoms with Gasteiger partial charge in [-0.05, 0) is 13.0 Å². The highest BCUT2D eigenvalue weighted by Gasteiger charge is 2.03. The average molecular weight is 367 g/mol. The quantitative estimate of drug-likeness (QED) is 0.442. The number of nitrogens with one attached hydrogen (secondary N) is 2. The fourth-order valence-corrected chi connectivity index (χ4v) is 1.44. The number of aromatic nitrogens is 2. The molecule has 6 nitrogen and oxygen atoms in total. The van der Waals surface area contributed by atoms with Crippen LogP contribution in [0, 0.1) is 0 Å². The summed E-state index contributed by atoms with van der Waals surface area (Å²) < 4.78 is 6.93. The largest absolute Gasteiger partial charge is 0.383 e. The maximum absolute atomic E-state index is 5.05. The molecule has 0 saturated carbocycles. The maximum atomic E-state index is 5.05. The first-order chi connectivity index (χ1) is 8.26. The molecule has 1 atom stereocenters. The molecule has 0 aromatic carbocycles. The Hall–Kier alpha value is -0.830. The third kappa shape index (κ3) is 6.80. The summed E-state index contributed by atoms with van der Waals surface area (Å²) in [5, 5.41) is 10.6. The van der Waals surface area contributed by atoms with Crippen LogP contribution in [0.5, 0.6) is 0 Å². The summed E-state index contributed by atoms with van der Waals surface area (Å²) >= 11 is 0. The second kappa shape index (κ2) is 10.1. The molecule has 1 heterocycles. The van der Waals surface area contributed by atoms with Gasteiger partial charge in [0.05, 0.1) is 13.2 Å². The number of halogens is 1. The molecule has 2 N–H and O–H groups in total. The molecule has 0 bridgehead atoms. The van der Waals surface area contributed by atoms with Crippen LogP contribution in [0.1, 0.15) is 6.92 Å². The number of methoxy groups -OCH3 is 1. The standard InChI is InChI=1S/C11H21N5O.HI/c1-10(9-17-3)15-11(12-2)13-6-8-16-7-4-5-14-16;/h4-5,7,10H,6,8-9H2,1-3H3,(H2,12,13,15);1H. The Kier molecular flexibility index (Phi) is 9.66. The van der Waals surface area contributed by atoms with Crippen molar-refractivity contribution in [3.05, 3.63) is 18.5 Å². The summed E-state index contributed by atoms with van der Waals surface area (Å²) in [5.74, 6) is 0.779. The third-order valence-electron chi connectivity index (χ3n) is 2.22. The maximum Gasteiger partial charge on any atom is 0.191 e.